The average molecular weight is 442 g/mol. The smallest absolute Gasteiger partial charge is 0.337 e. The van der Waals surface area contributed by atoms with Crippen molar-refractivity contribution in [3.05, 3.63) is 58.2 Å². The number of esters is 1. The molecule has 0 unspecified atom stereocenters. The molecular formula is C23H24ClN3O4. The molecule has 2 N–H and O–H groups in total. The summed E-state index contributed by atoms with van der Waals surface area (Å²) in [6, 6.07) is 10.4. The molecule has 0 atom stereocenters. The fourth-order valence-corrected chi connectivity index (χ4v) is 4.01. The number of aromatic amines is 1. The quantitative estimate of drug-likeness (QED) is 0.559. The molecule has 0 saturated carbocycles. The number of rotatable bonds is 4. The first-order valence-electron chi connectivity index (χ1n) is 10.1. The molecule has 0 saturated heterocycles. The van der Waals surface area contributed by atoms with E-state index in [1.165, 1.54) is 7.11 Å². The first-order chi connectivity index (χ1) is 14.9. The minimum Gasteiger partial charge on any atom is -0.487 e. The number of hydrogen-bond acceptors (Lipinski definition) is 4. The molecule has 0 spiro atoms. The predicted molar refractivity (Wildman–Crippen MR) is 120 cm³/mol. The summed E-state index contributed by atoms with van der Waals surface area (Å²) in [6.07, 6.45) is 0.610. The Morgan fingerprint density at radius 1 is 1.23 bits per heavy atom. The van der Waals surface area contributed by atoms with Gasteiger partial charge in [-0.05, 0) is 44.2 Å². The van der Waals surface area contributed by atoms with Crippen LogP contribution in [0.4, 0.5) is 10.5 Å². The third-order valence-corrected chi connectivity index (χ3v) is 5.54. The molecule has 0 bridgehead atoms. The van der Waals surface area contributed by atoms with Gasteiger partial charge in [-0.15, -0.1) is 0 Å². The summed E-state index contributed by atoms with van der Waals surface area (Å²) >= 11 is 6.28. The number of para-hydroxylation sites is 1. The number of anilines is 1. The van der Waals surface area contributed by atoms with E-state index in [0.717, 1.165) is 22.2 Å². The lowest BCUT2D eigenvalue weighted by Gasteiger charge is -2.28. The van der Waals surface area contributed by atoms with Crippen LogP contribution in [-0.2, 0) is 17.7 Å². The molecular weight excluding hydrogens is 418 g/mol. The number of carbonyl (C=O) groups is 2. The fourth-order valence-electron chi connectivity index (χ4n) is 3.79. The van der Waals surface area contributed by atoms with E-state index in [4.69, 9.17) is 21.1 Å². The van der Waals surface area contributed by atoms with Gasteiger partial charge >= 0.3 is 12.0 Å². The first kappa shape index (κ1) is 21.1. The van der Waals surface area contributed by atoms with Crippen molar-refractivity contribution in [2.24, 2.45) is 0 Å². The summed E-state index contributed by atoms with van der Waals surface area (Å²) in [5.74, 6) is 0.0703. The highest BCUT2D eigenvalue weighted by molar-refractivity contribution is 6.32. The number of nitrogens with one attached hydrogen (secondary N) is 2. The van der Waals surface area contributed by atoms with Crippen molar-refractivity contribution in [1.82, 2.24) is 9.88 Å². The molecule has 4 rings (SSSR count). The van der Waals surface area contributed by atoms with Gasteiger partial charge in [0.15, 0.2) is 5.75 Å². The van der Waals surface area contributed by atoms with Gasteiger partial charge in [-0.25, -0.2) is 9.59 Å². The number of hydrogen-bond donors (Lipinski definition) is 2. The molecule has 1 aliphatic heterocycles. The fraction of sp³-hybridized carbons (Fsp3) is 0.304. The van der Waals surface area contributed by atoms with Gasteiger partial charge in [0.2, 0.25) is 0 Å². The molecule has 3 aromatic rings. The Balaban J connectivity index is 1.58. The highest BCUT2D eigenvalue weighted by atomic mass is 35.5. The number of urea groups is 1. The second kappa shape index (κ2) is 8.51. The molecule has 8 heteroatoms. The van der Waals surface area contributed by atoms with Crippen molar-refractivity contribution in [3.63, 3.8) is 0 Å². The topological polar surface area (TPSA) is 83.7 Å². The predicted octanol–water partition coefficient (Wildman–Crippen LogP) is 4.99. The van der Waals surface area contributed by atoms with Crippen LogP contribution in [0.5, 0.6) is 5.75 Å². The van der Waals surface area contributed by atoms with Gasteiger partial charge in [0.1, 0.15) is 0 Å². The van der Waals surface area contributed by atoms with E-state index < -0.39 is 0 Å². The molecule has 2 aromatic carbocycles. The first-order valence-corrected chi connectivity index (χ1v) is 10.5. The van der Waals surface area contributed by atoms with E-state index in [-0.39, 0.29) is 18.1 Å². The Hall–Kier alpha value is -3.19. The molecule has 162 valence electrons. The minimum atomic E-state index is -0.388. The summed E-state index contributed by atoms with van der Waals surface area (Å²) in [5.41, 5.74) is 4.03. The van der Waals surface area contributed by atoms with E-state index in [1.54, 1.807) is 29.2 Å². The SMILES string of the molecule is COC(=O)c1ccc2[nH]c3c(c2c1)CN(C(=O)Nc1cccc(Cl)c1OC(C)C)CC3. The second-order valence-electron chi connectivity index (χ2n) is 7.72. The Morgan fingerprint density at radius 3 is 2.77 bits per heavy atom. The van der Waals surface area contributed by atoms with Crippen molar-refractivity contribution in [3.8, 4) is 5.75 Å². The molecule has 0 radical (unpaired) electrons. The van der Waals surface area contributed by atoms with E-state index in [0.29, 0.717) is 41.5 Å². The number of fused-ring (bicyclic) bond motifs is 3. The van der Waals surface area contributed by atoms with Gasteiger partial charge < -0.3 is 24.7 Å². The lowest BCUT2D eigenvalue weighted by atomic mass is 10.0. The molecule has 0 fully saturated rings. The Labute approximate surface area is 185 Å². The standard InChI is InChI=1S/C23H24ClN3O4/c1-13(2)31-21-17(24)5-4-6-20(21)26-23(29)27-10-9-19-16(12-27)15-11-14(22(28)30-3)7-8-18(15)25-19/h4-8,11,13,25H,9-10,12H2,1-3H3,(H,26,29). The normalized spacial score (nSPS) is 13.3. The van der Waals surface area contributed by atoms with Crippen LogP contribution < -0.4 is 10.1 Å². The summed E-state index contributed by atoms with van der Waals surface area (Å²) in [5, 5.41) is 4.29. The zero-order chi connectivity index (χ0) is 22.1. The van der Waals surface area contributed by atoms with E-state index in [1.807, 2.05) is 26.0 Å². The third kappa shape index (κ3) is 4.18. The average Bonchev–Trinajstić information content (AvgIpc) is 3.12. The Morgan fingerprint density at radius 2 is 2.03 bits per heavy atom. The number of carbonyl (C=O) groups excluding carboxylic acids is 2. The molecule has 2 heterocycles. The van der Waals surface area contributed by atoms with Crippen LogP contribution >= 0.6 is 11.6 Å². The summed E-state index contributed by atoms with van der Waals surface area (Å²) < 4.78 is 10.6. The number of benzene rings is 2. The van der Waals surface area contributed by atoms with Crippen molar-refractivity contribution in [1.29, 1.82) is 0 Å². The van der Waals surface area contributed by atoms with Crippen molar-refractivity contribution >= 4 is 40.2 Å². The van der Waals surface area contributed by atoms with Crippen LogP contribution in [0.2, 0.25) is 5.02 Å². The maximum atomic E-state index is 13.0. The molecule has 2 amide bonds. The minimum absolute atomic E-state index is 0.0803. The van der Waals surface area contributed by atoms with E-state index in [2.05, 4.69) is 10.3 Å². The van der Waals surface area contributed by atoms with Crippen molar-refractivity contribution < 1.29 is 19.1 Å². The van der Waals surface area contributed by atoms with Crippen LogP contribution in [-0.4, -0.2) is 41.6 Å². The highest BCUT2D eigenvalue weighted by Gasteiger charge is 2.25. The van der Waals surface area contributed by atoms with Crippen LogP contribution in [0.1, 0.15) is 35.5 Å². The molecule has 0 aliphatic carbocycles. The van der Waals surface area contributed by atoms with Crippen molar-refractivity contribution in [2.45, 2.75) is 32.9 Å². The number of halogens is 1. The largest absolute Gasteiger partial charge is 0.487 e. The second-order valence-corrected chi connectivity index (χ2v) is 8.13. The molecule has 31 heavy (non-hydrogen) atoms. The monoisotopic (exact) mass is 441 g/mol. The number of amides is 2. The number of H-pyrrole nitrogens is 1. The lowest BCUT2D eigenvalue weighted by Crippen LogP contribution is -2.38. The highest BCUT2D eigenvalue weighted by Crippen LogP contribution is 2.34. The van der Waals surface area contributed by atoms with Gasteiger partial charge in [-0.1, -0.05) is 17.7 Å². The van der Waals surface area contributed by atoms with Gasteiger partial charge in [0, 0.05) is 41.7 Å². The zero-order valence-electron chi connectivity index (χ0n) is 17.6. The van der Waals surface area contributed by atoms with Gasteiger partial charge in [-0.2, -0.15) is 0 Å². The summed E-state index contributed by atoms with van der Waals surface area (Å²) in [7, 11) is 1.36. The number of nitrogens with zero attached hydrogens (tertiary/aromatic N) is 1. The summed E-state index contributed by atoms with van der Waals surface area (Å²) in [6.45, 7) is 4.80. The van der Waals surface area contributed by atoms with E-state index >= 15 is 0 Å². The Kier molecular flexibility index (Phi) is 5.78. The van der Waals surface area contributed by atoms with Gasteiger partial charge in [-0.3, -0.25) is 0 Å². The van der Waals surface area contributed by atoms with Crippen LogP contribution in [0.3, 0.4) is 0 Å². The van der Waals surface area contributed by atoms with Crippen LogP contribution in [0.25, 0.3) is 10.9 Å². The van der Waals surface area contributed by atoms with Gasteiger partial charge in [0.05, 0.1) is 29.5 Å². The molecule has 1 aromatic heterocycles. The maximum Gasteiger partial charge on any atom is 0.337 e. The number of methoxy groups -OCH3 is 1. The lowest BCUT2D eigenvalue weighted by molar-refractivity contribution is 0.0601. The summed E-state index contributed by atoms with van der Waals surface area (Å²) in [4.78, 5) is 30.1. The van der Waals surface area contributed by atoms with Crippen molar-refractivity contribution in [2.75, 3.05) is 19.0 Å². The maximum absolute atomic E-state index is 13.0. The Bertz CT molecular complexity index is 1160. The zero-order valence-corrected chi connectivity index (χ0v) is 18.4. The molecule has 1 aliphatic rings. The third-order valence-electron chi connectivity index (χ3n) is 5.25. The van der Waals surface area contributed by atoms with E-state index in [9.17, 15) is 9.59 Å². The van der Waals surface area contributed by atoms with Crippen LogP contribution in [0.15, 0.2) is 36.4 Å². The molecule has 7 nitrogen and oxygen atoms in total. The number of aromatic nitrogens is 1. The number of ether oxygens (including phenoxy) is 2. The van der Waals surface area contributed by atoms with Crippen LogP contribution in [0, 0.1) is 0 Å². The van der Waals surface area contributed by atoms with Gasteiger partial charge in [0.25, 0.3) is 0 Å².